The van der Waals surface area contributed by atoms with E-state index in [9.17, 15) is 4.79 Å². The lowest BCUT2D eigenvalue weighted by Crippen LogP contribution is -2.32. The highest BCUT2D eigenvalue weighted by Gasteiger charge is 2.25. The van der Waals surface area contributed by atoms with Gasteiger partial charge in [0.15, 0.2) is 5.82 Å². The molecule has 2 rings (SSSR count). The highest BCUT2D eigenvalue weighted by Crippen LogP contribution is 2.22. The van der Waals surface area contributed by atoms with Gasteiger partial charge in [-0.2, -0.15) is 0 Å². The predicted octanol–water partition coefficient (Wildman–Crippen LogP) is 2.44. The van der Waals surface area contributed by atoms with Gasteiger partial charge in [0.2, 0.25) is 0 Å². The third-order valence-electron chi connectivity index (χ3n) is 3.51. The lowest BCUT2D eigenvalue weighted by molar-refractivity contribution is 0.566. The van der Waals surface area contributed by atoms with Gasteiger partial charge in [0.05, 0.1) is 0 Å². The maximum Gasteiger partial charge on any atom is 0.293 e. The van der Waals surface area contributed by atoms with Crippen molar-refractivity contribution in [2.45, 2.75) is 32.7 Å². The topological polar surface area (TPSA) is 38.1 Å². The number of aromatic nitrogens is 2. The summed E-state index contributed by atoms with van der Waals surface area (Å²) in [5.74, 6) is 1.29. The molecule has 5 heteroatoms. The molecule has 0 aliphatic carbocycles. The van der Waals surface area contributed by atoms with E-state index in [0.29, 0.717) is 11.7 Å². The van der Waals surface area contributed by atoms with E-state index in [0.717, 1.165) is 24.8 Å². The second-order valence-electron chi connectivity index (χ2n) is 5.14. The molecule has 0 aromatic carbocycles. The lowest BCUT2D eigenvalue weighted by Gasteiger charge is -2.18. The van der Waals surface area contributed by atoms with Crippen molar-refractivity contribution in [3.05, 3.63) is 22.7 Å². The number of hydrogen-bond acceptors (Lipinski definition) is 3. The molecule has 1 aliphatic rings. The Morgan fingerprint density at radius 3 is 3.00 bits per heavy atom. The Kier molecular flexibility index (Phi) is 4.43. The summed E-state index contributed by atoms with van der Waals surface area (Å²) in [5, 5.41) is 1.03. The predicted molar refractivity (Wildman–Crippen MR) is 77.6 cm³/mol. The van der Waals surface area contributed by atoms with Crippen molar-refractivity contribution in [3.8, 4) is 0 Å². The molecule has 1 aromatic heterocycles. The fourth-order valence-corrected chi connectivity index (χ4v) is 3.10. The van der Waals surface area contributed by atoms with Crippen molar-refractivity contribution in [1.29, 1.82) is 0 Å². The molecule has 0 radical (unpaired) electrons. The van der Waals surface area contributed by atoms with Crippen LogP contribution in [0.1, 0.15) is 32.7 Å². The Balaban J connectivity index is 2.20. The van der Waals surface area contributed by atoms with Gasteiger partial charge in [0.1, 0.15) is 0 Å². The average Bonchev–Trinajstić information content (AvgIpc) is 2.78. The molecule has 100 valence electrons. The van der Waals surface area contributed by atoms with Crippen LogP contribution in [0.5, 0.6) is 0 Å². The molecule has 0 saturated carbocycles. The summed E-state index contributed by atoms with van der Waals surface area (Å²) in [6.45, 7) is 5.93. The highest BCUT2D eigenvalue weighted by molar-refractivity contribution is 9.09. The number of nitrogens with zero attached hydrogens (tertiary/aromatic N) is 3. The van der Waals surface area contributed by atoms with Crippen molar-refractivity contribution < 1.29 is 0 Å². The first-order valence-electron chi connectivity index (χ1n) is 6.51. The molecule has 0 N–H and O–H groups in total. The zero-order valence-corrected chi connectivity index (χ0v) is 12.6. The van der Waals surface area contributed by atoms with Crippen molar-refractivity contribution in [2.75, 3.05) is 23.3 Å². The Morgan fingerprint density at radius 1 is 1.56 bits per heavy atom. The van der Waals surface area contributed by atoms with Gasteiger partial charge in [0, 0.05) is 36.9 Å². The Morgan fingerprint density at radius 2 is 2.33 bits per heavy atom. The average molecular weight is 314 g/mol. The molecule has 1 saturated heterocycles. The zero-order valence-electron chi connectivity index (χ0n) is 11.0. The molecule has 4 nitrogen and oxygen atoms in total. The van der Waals surface area contributed by atoms with Crippen LogP contribution >= 0.6 is 15.9 Å². The molecular weight excluding hydrogens is 294 g/mol. The minimum atomic E-state index is 0.0343. The van der Waals surface area contributed by atoms with Crippen molar-refractivity contribution in [2.24, 2.45) is 5.92 Å². The molecule has 0 spiro atoms. The maximum absolute atomic E-state index is 12.3. The monoisotopic (exact) mass is 313 g/mol. The summed E-state index contributed by atoms with van der Waals surface area (Å²) >= 11 is 3.48. The molecule has 1 aromatic rings. The Labute approximate surface area is 116 Å². The molecular formula is C13H20BrN3O. The third kappa shape index (κ3) is 2.76. The number of anilines is 1. The Bertz CT molecular complexity index is 458. The van der Waals surface area contributed by atoms with Crippen LogP contribution in [0.15, 0.2) is 17.2 Å². The highest BCUT2D eigenvalue weighted by atomic mass is 79.9. The van der Waals surface area contributed by atoms with Crippen LogP contribution in [-0.4, -0.2) is 28.0 Å². The Hall–Kier alpha value is -0.840. The van der Waals surface area contributed by atoms with Gasteiger partial charge in [0.25, 0.3) is 5.56 Å². The normalized spacial score (nSPS) is 19.8. The number of halogens is 1. The van der Waals surface area contributed by atoms with Crippen LogP contribution in [0.25, 0.3) is 0 Å². The van der Waals surface area contributed by atoms with E-state index < -0.39 is 0 Å². The number of rotatable bonds is 4. The van der Waals surface area contributed by atoms with Crippen LogP contribution in [0, 0.1) is 5.92 Å². The van der Waals surface area contributed by atoms with Crippen LogP contribution < -0.4 is 10.5 Å². The first kappa shape index (κ1) is 13.6. The van der Waals surface area contributed by atoms with Gasteiger partial charge < -0.3 is 9.47 Å². The summed E-state index contributed by atoms with van der Waals surface area (Å²) in [6.07, 6.45) is 5.82. The van der Waals surface area contributed by atoms with E-state index in [1.54, 1.807) is 17.0 Å². The number of alkyl halides is 1. The smallest absolute Gasteiger partial charge is 0.293 e. The molecule has 1 aliphatic heterocycles. The quantitative estimate of drug-likeness (QED) is 0.801. The van der Waals surface area contributed by atoms with E-state index in [1.165, 1.54) is 6.42 Å². The van der Waals surface area contributed by atoms with Crippen molar-refractivity contribution in [1.82, 2.24) is 9.55 Å². The van der Waals surface area contributed by atoms with Gasteiger partial charge in [-0.05, 0) is 32.6 Å². The molecule has 1 unspecified atom stereocenters. The van der Waals surface area contributed by atoms with Gasteiger partial charge in [-0.1, -0.05) is 15.9 Å². The van der Waals surface area contributed by atoms with Crippen LogP contribution in [0.4, 0.5) is 5.82 Å². The van der Waals surface area contributed by atoms with Crippen LogP contribution in [-0.2, 0) is 0 Å². The van der Waals surface area contributed by atoms with E-state index in [2.05, 4.69) is 25.8 Å². The van der Waals surface area contributed by atoms with Crippen LogP contribution in [0.2, 0.25) is 0 Å². The van der Waals surface area contributed by atoms with Gasteiger partial charge in [-0.3, -0.25) is 4.79 Å². The van der Waals surface area contributed by atoms with Gasteiger partial charge >= 0.3 is 0 Å². The van der Waals surface area contributed by atoms with Crippen molar-refractivity contribution in [3.63, 3.8) is 0 Å². The summed E-state index contributed by atoms with van der Waals surface area (Å²) in [4.78, 5) is 18.7. The fraction of sp³-hybridized carbons (Fsp3) is 0.692. The second kappa shape index (κ2) is 5.87. The zero-order chi connectivity index (χ0) is 13.1. The lowest BCUT2D eigenvalue weighted by atomic mass is 10.1. The molecule has 1 atom stereocenters. The van der Waals surface area contributed by atoms with E-state index >= 15 is 0 Å². The largest absolute Gasteiger partial charge is 0.352 e. The fourth-order valence-electron chi connectivity index (χ4n) is 2.45. The summed E-state index contributed by atoms with van der Waals surface area (Å²) in [7, 11) is 0. The maximum atomic E-state index is 12.3. The standard InChI is InChI=1S/C13H20BrN3O/c1-10(2)17-8-6-15-12(13(17)18)16-7-4-11(9-16)3-5-14/h6,8,10-11H,3-5,7,9H2,1-2H3. The van der Waals surface area contributed by atoms with Gasteiger partial charge in [-0.15, -0.1) is 0 Å². The third-order valence-corrected chi connectivity index (χ3v) is 3.97. The van der Waals surface area contributed by atoms with E-state index in [1.807, 2.05) is 13.8 Å². The summed E-state index contributed by atoms with van der Waals surface area (Å²) < 4.78 is 1.75. The summed E-state index contributed by atoms with van der Waals surface area (Å²) in [6, 6.07) is 0.181. The SMILES string of the molecule is CC(C)n1ccnc(N2CCC(CCBr)C2)c1=O. The molecule has 2 heterocycles. The van der Waals surface area contributed by atoms with Crippen LogP contribution in [0.3, 0.4) is 0 Å². The molecule has 1 fully saturated rings. The summed E-state index contributed by atoms with van der Waals surface area (Å²) in [5.41, 5.74) is 0.0343. The molecule has 0 bridgehead atoms. The van der Waals surface area contributed by atoms with E-state index in [-0.39, 0.29) is 11.6 Å². The minimum absolute atomic E-state index is 0.0343. The first-order valence-corrected chi connectivity index (χ1v) is 7.63. The molecule has 0 amide bonds. The number of hydrogen-bond donors (Lipinski definition) is 0. The van der Waals surface area contributed by atoms with Crippen molar-refractivity contribution >= 4 is 21.7 Å². The minimum Gasteiger partial charge on any atom is -0.352 e. The second-order valence-corrected chi connectivity index (χ2v) is 5.93. The van der Waals surface area contributed by atoms with E-state index in [4.69, 9.17) is 0 Å². The van der Waals surface area contributed by atoms with Gasteiger partial charge in [-0.25, -0.2) is 4.98 Å². The first-order chi connectivity index (χ1) is 8.63. The molecule has 18 heavy (non-hydrogen) atoms.